The number of fused-ring (bicyclic) bond motifs is 1. The van der Waals surface area contributed by atoms with Crippen molar-refractivity contribution in [3.63, 3.8) is 0 Å². The van der Waals surface area contributed by atoms with E-state index in [1.54, 1.807) is 12.1 Å². The summed E-state index contributed by atoms with van der Waals surface area (Å²) in [5, 5.41) is 14.7. The fraction of sp³-hybridized carbons (Fsp3) is 0.571. The van der Waals surface area contributed by atoms with E-state index in [9.17, 15) is 10.1 Å². The predicted octanol–water partition coefficient (Wildman–Crippen LogP) is 2.74. The van der Waals surface area contributed by atoms with Crippen LogP contribution in [0.15, 0.2) is 12.1 Å². The summed E-state index contributed by atoms with van der Waals surface area (Å²) in [5.74, 6) is 0.678. The molecule has 1 aromatic carbocycles. The lowest BCUT2D eigenvalue weighted by molar-refractivity contribution is -0.384. The Hall–Kier alpha value is -1.33. The van der Waals surface area contributed by atoms with Crippen LogP contribution in [-0.4, -0.2) is 30.6 Å². The monoisotopic (exact) mass is 295 g/mol. The van der Waals surface area contributed by atoms with E-state index in [1.807, 2.05) is 6.92 Å². The van der Waals surface area contributed by atoms with Crippen LogP contribution < -0.4 is 10.2 Å². The molecule has 2 saturated heterocycles. The third kappa shape index (κ3) is 2.36. The minimum Gasteiger partial charge on any atom is -0.369 e. The molecule has 0 aromatic heterocycles. The van der Waals surface area contributed by atoms with Gasteiger partial charge in [0, 0.05) is 30.9 Å². The van der Waals surface area contributed by atoms with Gasteiger partial charge in [-0.15, -0.1) is 0 Å². The molecule has 1 aromatic rings. The molecule has 20 heavy (non-hydrogen) atoms. The summed E-state index contributed by atoms with van der Waals surface area (Å²) >= 11 is 6.04. The number of hydrogen-bond donors (Lipinski definition) is 1. The van der Waals surface area contributed by atoms with Crippen LogP contribution in [0.3, 0.4) is 0 Å². The molecule has 0 saturated carbocycles. The molecule has 3 rings (SSSR count). The molecule has 2 atom stereocenters. The third-order valence-corrected chi connectivity index (χ3v) is 4.70. The fourth-order valence-corrected chi connectivity index (χ4v) is 3.61. The highest BCUT2D eigenvalue weighted by atomic mass is 35.5. The Bertz CT molecular complexity index is 535. The van der Waals surface area contributed by atoms with E-state index in [0.717, 1.165) is 30.9 Å². The molecule has 2 aliphatic rings. The summed E-state index contributed by atoms with van der Waals surface area (Å²) in [5.41, 5.74) is 1.93. The van der Waals surface area contributed by atoms with Gasteiger partial charge in [0.25, 0.3) is 5.69 Å². The summed E-state index contributed by atoms with van der Waals surface area (Å²) in [7, 11) is 0. The van der Waals surface area contributed by atoms with Gasteiger partial charge in [-0.1, -0.05) is 11.6 Å². The number of nitro benzene ring substituents is 1. The number of hydrogen-bond acceptors (Lipinski definition) is 4. The second-order valence-corrected chi connectivity index (χ2v) is 6.12. The Morgan fingerprint density at radius 3 is 2.95 bits per heavy atom. The summed E-state index contributed by atoms with van der Waals surface area (Å²) in [6.07, 6.45) is 2.49. The Morgan fingerprint density at radius 2 is 2.25 bits per heavy atom. The van der Waals surface area contributed by atoms with Crippen LogP contribution in [0, 0.1) is 23.0 Å². The van der Waals surface area contributed by atoms with E-state index < -0.39 is 4.92 Å². The number of anilines is 1. The van der Waals surface area contributed by atoms with Crippen LogP contribution in [0.2, 0.25) is 5.02 Å². The molecular weight excluding hydrogens is 278 g/mol. The van der Waals surface area contributed by atoms with Gasteiger partial charge in [0.2, 0.25) is 0 Å². The lowest BCUT2D eigenvalue weighted by Crippen LogP contribution is -2.40. The van der Waals surface area contributed by atoms with E-state index >= 15 is 0 Å². The molecule has 0 amide bonds. The largest absolute Gasteiger partial charge is 0.369 e. The zero-order valence-electron chi connectivity index (χ0n) is 11.4. The molecule has 2 fully saturated rings. The van der Waals surface area contributed by atoms with Gasteiger partial charge < -0.3 is 10.2 Å². The van der Waals surface area contributed by atoms with Crippen LogP contribution in [0.5, 0.6) is 0 Å². The SMILES string of the molecule is Cc1cc([N+](=O)[O-])c(Cl)cc1N1CC2CCCNC2C1. The zero-order chi connectivity index (χ0) is 14.3. The molecule has 0 bridgehead atoms. The maximum absolute atomic E-state index is 10.9. The van der Waals surface area contributed by atoms with E-state index in [2.05, 4.69) is 10.2 Å². The highest BCUT2D eigenvalue weighted by Crippen LogP contribution is 2.36. The molecule has 0 spiro atoms. The van der Waals surface area contributed by atoms with E-state index in [-0.39, 0.29) is 10.7 Å². The smallest absolute Gasteiger partial charge is 0.288 e. The number of rotatable bonds is 2. The van der Waals surface area contributed by atoms with Crippen molar-refractivity contribution in [2.24, 2.45) is 5.92 Å². The molecule has 0 aliphatic carbocycles. The van der Waals surface area contributed by atoms with Gasteiger partial charge in [0.1, 0.15) is 5.02 Å². The van der Waals surface area contributed by atoms with Gasteiger partial charge >= 0.3 is 0 Å². The second kappa shape index (κ2) is 5.22. The average molecular weight is 296 g/mol. The number of nitrogens with zero attached hydrogens (tertiary/aromatic N) is 2. The first-order valence-corrected chi connectivity index (χ1v) is 7.37. The molecule has 2 unspecified atom stereocenters. The van der Waals surface area contributed by atoms with Crippen molar-refractivity contribution in [2.75, 3.05) is 24.5 Å². The fourth-order valence-electron chi connectivity index (χ4n) is 3.38. The quantitative estimate of drug-likeness (QED) is 0.673. The van der Waals surface area contributed by atoms with Crippen LogP contribution in [0.25, 0.3) is 0 Å². The maximum Gasteiger partial charge on any atom is 0.288 e. The number of nitro groups is 1. The van der Waals surface area contributed by atoms with Crippen molar-refractivity contribution in [1.82, 2.24) is 5.32 Å². The Balaban J connectivity index is 1.87. The lowest BCUT2D eigenvalue weighted by atomic mass is 9.94. The van der Waals surface area contributed by atoms with Gasteiger partial charge in [0.05, 0.1) is 4.92 Å². The molecule has 6 heteroatoms. The first kappa shape index (κ1) is 13.6. The number of aryl methyl sites for hydroxylation is 1. The van der Waals surface area contributed by atoms with Crippen molar-refractivity contribution >= 4 is 23.0 Å². The van der Waals surface area contributed by atoms with Crippen molar-refractivity contribution in [3.05, 3.63) is 32.8 Å². The maximum atomic E-state index is 10.9. The van der Waals surface area contributed by atoms with Gasteiger partial charge in [-0.2, -0.15) is 0 Å². The van der Waals surface area contributed by atoms with Gasteiger partial charge in [-0.3, -0.25) is 10.1 Å². The summed E-state index contributed by atoms with van der Waals surface area (Å²) in [6, 6.07) is 3.86. The molecule has 2 heterocycles. The lowest BCUT2D eigenvalue weighted by Gasteiger charge is -2.24. The van der Waals surface area contributed by atoms with E-state index in [1.165, 1.54) is 12.8 Å². The zero-order valence-corrected chi connectivity index (χ0v) is 12.2. The van der Waals surface area contributed by atoms with E-state index in [0.29, 0.717) is 12.0 Å². The number of halogens is 1. The van der Waals surface area contributed by atoms with Crippen LogP contribution >= 0.6 is 11.6 Å². The van der Waals surface area contributed by atoms with Gasteiger partial charge in [-0.05, 0) is 43.9 Å². The minimum absolute atomic E-state index is 0.0114. The summed E-state index contributed by atoms with van der Waals surface area (Å²) in [4.78, 5) is 12.8. The normalized spacial score (nSPS) is 25.6. The van der Waals surface area contributed by atoms with Gasteiger partial charge in [-0.25, -0.2) is 0 Å². The van der Waals surface area contributed by atoms with Crippen molar-refractivity contribution in [1.29, 1.82) is 0 Å². The highest BCUT2D eigenvalue weighted by molar-refractivity contribution is 6.33. The minimum atomic E-state index is -0.426. The first-order valence-electron chi connectivity index (χ1n) is 6.99. The second-order valence-electron chi connectivity index (χ2n) is 5.72. The number of benzene rings is 1. The number of nitrogens with one attached hydrogen (secondary N) is 1. The first-order chi connectivity index (χ1) is 9.56. The van der Waals surface area contributed by atoms with Crippen LogP contribution in [0.1, 0.15) is 18.4 Å². The van der Waals surface area contributed by atoms with Crippen molar-refractivity contribution < 1.29 is 4.92 Å². The summed E-state index contributed by atoms with van der Waals surface area (Å²) in [6.45, 7) is 4.97. The van der Waals surface area contributed by atoms with Gasteiger partial charge in [0.15, 0.2) is 0 Å². The molecular formula is C14H18ClN3O2. The predicted molar refractivity (Wildman–Crippen MR) is 79.6 cm³/mol. The molecule has 2 aliphatic heterocycles. The Morgan fingerprint density at radius 1 is 1.45 bits per heavy atom. The standard InChI is InChI=1S/C14H18ClN3O2/c1-9-5-14(18(19)20)11(15)6-13(9)17-7-10-3-2-4-16-12(10)8-17/h5-6,10,12,16H,2-4,7-8H2,1H3. The summed E-state index contributed by atoms with van der Waals surface area (Å²) < 4.78 is 0. The van der Waals surface area contributed by atoms with E-state index in [4.69, 9.17) is 11.6 Å². The molecule has 5 nitrogen and oxygen atoms in total. The average Bonchev–Trinajstić information content (AvgIpc) is 2.84. The molecule has 1 N–H and O–H groups in total. The highest BCUT2D eigenvalue weighted by Gasteiger charge is 2.35. The topological polar surface area (TPSA) is 58.4 Å². The molecule has 108 valence electrons. The van der Waals surface area contributed by atoms with Crippen molar-refractivity contribution in [2.45, 2.75) is 25.8 Å². The Labute approximate surface area is 123 Å². The van der Waals surface area contributed by atoms with Crippen LogP contribution in [0.4, 0.5) is 11.4 Å². The van der Waals surface area contributed by atoms with Crippen molar-refractivity contribution in [3.8, 4) is 0 Å². The number of piperidine rings is 1. The Kier molecular flexibility index (Phi) is 3.56. The third-order valence-electron chi connectivity index (χ3n) is 4.40. The molecule has 0 radical (unpaired) electrons. The van der Waals surface area contributed by atoms with Crippen LogP contribution in [-0.2, 0) is 0 Å².